The third-order valence-corrected chi connectivity index (χ3v) is 4.46. The molecule has 0 N–H and O–H groups in total. The van der Waals surface area contributed by atoms with E-state index in [1.807, 2.05) is 30.3 Å². The van der Waals surface area contributed by atoms with Crippen molar-refractivity contribution in [3.8, 4) is 0 Å². The molecule has 0 atom stereocenters. The van der Waals surface area contributed by atoms with Crippen LogP contribution in [0.4, 0.5) is 0 Å². The maximum atomic E-state index is 6.14. The van der Waals surface area contributed by atoms with Gasteiger partial charge in [0.1, 0.15) is 0 Å². The lowest BCUT2D eigenvalue weighted by atomic mass is 10.2. The molecule has 0 amide bonds. The molecule has 19 heavy (non-hydrogen) atoms. The van der Waals surface area contributed by atoms with Crippen molar-refractivity contribution in [1.29, 1.82) is 0 Å². The van der Waals surface area contributed by atoms with E-state index in [0.29, 0.717) is 15.2 Å². The lowest BCUT2D eigenvalue weighted by Crippen LogP contribution is -1.88. The molecule has 2 aromatic carbocycles. The third-order valence-electron chi connectivity index (χ3n) is 2.58. The molecule has 0 radical (unpaired) electrons. The molecule has 0 bridgehead atoms. The minimum absolute atomic E-state index is 0.606. The predicted molar refractivity (Wildman–Crippen MR) is 80.1 cm³/mol. The fourth-order valence-corrected chi connectivity index (χ4v) is 3.07. The summed E-state index contributed by atoms with van der Waals surface area (Å²) < 4.78 is 0. The van der Waals surface area contributed by atoms with E-state index < -0.39 is 0 Å². The Kier molecular flexibility index (Phi) is 3.60. The van der Waals surface area contributed by atoms with Gasteiger partial charge in [-0.25, -0.2) is 9.97 Å². The van der Waals surface area contributed by atoms with Crippen LogP contribution in [0, 0.1) is 0 Å². The zero-order chi connectivity index (χ0) is 13.2. The van der Waals surface area contributed by atoms with Crippen LogP contribution in [-0.2, 0) is 0 Å². The van der Waals surface area contributed by atoms with Crippen molar-refractivity contribution in [2.75, 3.05) is 0 Å². The number of hydrogen-bond donors (Lipinski definition) is 0. The summed E-state index contributed by atoms with van der Waals surface area (Å²) in [6.45, 7) is 0. The van der Waals surface area contributed by atoms with Gasteiger partial charge in [-0.05, 0) is 30.0 Å². The summed E-state index contributed by atoms with van der Waals surface area (Å²) in [5.41, 5.74) is 0.906. The van der Waals surface area contributed by atoms with Crippen LogP contribution in [-0.4, -0.2) is 9.97 Å². The van der Waals surface area contributed by atoms with Gasteiger partial charge in [0.15, 0.2) is 5.16 Å². The zero-order valence-electron chi connectivity index (χ0n) is 9.68. The molecule has 0 aliphatic carbocycles. The third kappa shape index (κ3) is 2.68. The molecule has 2 nitrogen and oxygen atoms in total. The molecule has 0 fully saturated rings. The second-order valence-corrected chi connectivity index (χ2v) is 5.66. The highest BCUT2D eigenvalue weighted by Crippen LogP contribution is 2.37. The van der Waals surface area contributed by atoms with Crippen molar-refractivity contribution in [3.63, 3.8) is 0 Å². The second-order valence-electron chi connectivity index (χ2n) is 3.86. The van der Waals surface area contributed by atoms with Gasteiger partial charge in [0.2, 0.25) is 0 Å². The van der Waals surface area contributed by atoms with Crippen LogP contribution in [0.25, 0.3) is 10.9 Å². The Balaban J connectivity index is 2.01. The molecule has 1 aromatic heterocycles. The number of halogens is 2. The molecule has 0 aliphatic rings. The number of rotatable bonds is 2. The number of hydrogen-bond acceptors (Lipinski definition) is 3. The van der Waals surface area contributed by atoms with Gasteiger partial charge >= 0.3 is 0 Å². The first kappa shape index (κ1) is 12.7. The monoisotopic (exact) mass is 306 g/mol. The molecule has 94 valence electrons. The standard InChI is InChI=1S/C14H8Cl2N2S/c15-10-5-3-6-11(16)13(10)19-14-17-8-9-4-1-2-7-12(9)18-14/h1-8H. The van der Waals surface area contributed by atoms with Crippen molar-refractivity contribution in [2.45, 2.75) is 10.1 Å². The van der Waals surface area contributed by atoms with Crippen LogP contribution in [0.5, 0.6) is 0 Å². The molecule has 0 aliphatic heterocycles. The first-order valence-electron chi connectivity index (χ1n) is 5.58. The van der Waals surface area contributed by atoms with Gasteiger partial charge < -0.3 is 0 Å². The van der Waals surface area contributed by atoms with Crippen molar-refractivity contribution in [3.05, 3.63) is 58.7 Å². The Morgan fingerprint density at radius 1 is 0.895 bits per heavy atom. The Morgan fingerprint density at radius 3 is 2.42 bits per heavy atom. The Labute approximate surface area is 124 Å². The van der Waals surface area contributed by atoms with Crippen molar-refractivity contribution in [2.24, 2.45) is 0 Å². The van der Waals surface area contributed by atoms with E-state index in [-0.39, 0.29) is 0 Å². The molecule has 0 unspecified atom stereocenters. The van der Waals surface area contributed by atoms with E-state index in [1.165, 1.54) is 11.8 Å². The molecule has 0 saturated carbocycles. The Bertz CT molecular complexity index is 726. The maximum Gasteiger partial charge on any atom is 0.193 e. The molecular formula is C14H8Cl2N2S. The number of aromatic nitrogens is 2. The van der Waals surface area contributed by atoms with Gasteiger partial charge in [0.05, 0.1) is 20.5 Å². The number of benzene rings is 2. The van der Waals surface area contributed by atoms with E-state index in [1.54, 1.807) is 18.3 Å². The molecule has 3 aromatic rings. The highest BCUT2D eigenvalue weighted by molar-refractivity contribution is 7.99. The van der Waals surface area contributed by atoms with E-state index in [2.05, 4.69) is 9.97 Å². The summed E-state index contributed by atoms with van der Waals surface area (Å²) in [6, 6.07) is 13.3. The van der Waals surface area contributed by atoms with Crippen molar-refractivity contribution in [1.82, 2.24) is 9.97 Å². The normalized spacial score (nSPS) is 10.8. The number of fused-ring (bicyclic) bond motifs is 1. The van der Waals surface area contributed by atoms with Gasteiger partial charge in [-0.15, -0.1) is 0 Å². The summed E-state index contributed by atoms with van der Waals surface area (Å²) in [4.78, 5) is 9.59. The topological polar surface area (TPSA) is 25.8 Å². The summed E-state index contributed by atoms with van der Waals surface area (Å²) >= 11 is 13.6. The van der Waals surface area contributed by atoms with Crippen molar-refractivity contribution < 1.29 is 0 Å². The van der Waals surface area contributed by atoms with E-state index in [9.17, 15) is 0 Å². The van der Waals surface area contributed by atoms with Crippen LogP contribution in [0.3, 0.4) is 0 Å². The van der Waals surface area contributed by atoms with Gasteiger partial charge in [-0.2, -0.15) is 0 Å². The minimum Gasteiger partial charge on any atom is -0.230 e. The van der Waals surface area contributed by atoms with E-state index >= 15 is 0 Å². The summed E-state index contributed by atoms with van der Waals surface area (Å²) in [5.74, 6) is 0. The molecule has 1 heterocycles. The quantitative estimate of drug-likeness (QED) is 0.617. The van der Waals surface area contributed by atoms with Crippen LogP contribution < -0.4 is 0 Å². The van der Waals surface area contributed by atoms with Crippen molar-refractivity contribution >= 4 is 45.9 Å². The largest absolute Gasteiger partial charge is 0.230 e. The lowest BCUT2D eigenvalue weighted by Gasteiger charge is -2.05. The van der Waals surface area contributed by atoms with Crippen LogP contribution in [0.15, 0.2) is 58.7 Å². The second kappa shape index (κ2) is 5.37. The van der Waals surface area contributed by atoms with Crippen LogP contribution >= 0.6 is 35.0 Å². The maximum absolute atomic E-state index is 6.14. The molecule has 3 rings (SSSR count). The average Bonchev–Trinajstić information content (AvgIpc) is 2.43. The highest BCUT2D eigenvalue weighted by Gasteiger charge is 2.09. The summed E-state index contributed by atoms with van der Waals surface area (Å²) in [7, 11) is 0. The first-order valence-corrected chi connectivity index (χ1v) is 7.15. The van der Waals surface area contributed by atoms with Crippen LogP contribution in [0.2, 0.25) is 10.0 Å². The van der Waals surface area contributed by atoms with Gasteiger partial charge in [0, 0.05) is 11.6 Å². The average molecular weight is 307 g/mol. The SMILES string of the molecule is Clc1cccc(Cl)c1Sc1ncc2ccccc2n1. The number of nitrogens with zero attached hydrogens (tertiary/aromatic N) is 2. The van der Waals surface area contributed by atoms with Gasteiger partial charge in [-0.1, -0.05) is 47.5 Å². The van der Waals surface area contributed by atoms with Gasteiger partial charge in [-0.3, -0.25) is 0 Å². The fourth-order valence-electron chi connectivity index (χ4n) is 1.68. The smallest absolute Gasteiger partial charge is 0.193 e. The summed E-state index contributed by atoms with van der Waals surface area (Å²) in [5, 5.41) is 2.86. The highest BCUT2D eigenvalue weighted by atomic mass is 35.5. The first-order chi connectivity index (χ1) is 9.24. The Hall–Kier alpha value is -1.29. The van der Waals surface area contributed by atoms with Crippen LogP contribution in [0.1, 0.15) is 0 Å². The molecule has 0 spiro atoms. The number of para-hydroxylation sites is 1. The molecular weight excluding hydrogens is 299 g/mol. The zero-order valence-corrected chi connectivity index (χ0v) is 12.0. The van der Waals surface area contributed by atoms with Gasteiger partial charge in [0.25, 0.3) is 0 Å². The predicted octanol–water partition coefficient (Wildman–Crippen LogP) is 5.09. The minimum atomic E-state index is 0.606. The molecule has 0 saturated heterocycles. The summed E-state index contributed by atoms with van der Waals surface area (Å²) in [6.07, 6.45) is 1.80. The molecule has 5 heteroatoms. The Morgan fingerprint density at radius 2 is 1.63 bits per heavy atom. The lowest BCUT2D eigenvalue weighted by molar-refractivity contribution is 1.00. The fraction of sp³-hybridized carbons (Fsp3) is 0. The van der Waals surface area contributed by atoms with E-state index in [4.69, 9.17) is 23.2 Å². The van der Waals surface area contributed by atoms with E-state index in [0.717, 1.165) is 15.8 Å².